The van der Waals surface area contributed by atoms with Crippen molar-refractivity contribution < 1.29 is 9.59 Å². The van der Waals surface area contributed by atoms with E-state index in [1.165, 1.54) is 0 Å². The second kappa shape index (κ2) is 9.75. The lowest BCUT2D eigenvalue weighted by Gasteiger charge is -2.21. The first-order valence-corrected chi connectivity index (χ1v) is 12.7. The fourth-order valence-corrected chi connectivity index (χ4v) is 4.93. The largest absolute Gasteiger partial charge is 0.382 e. The molecule has 0 bridgehead atoms. The van der Waals surface area contributed by atoms with Gasteiger partial charge in [-0.25, -0.2) is 9.97 Å². The number of carbonyl (C=O) groups excluding carboxylic acids is 2. The standard InChI is InChI=1S/C30H30N6O2/c1-5-7-24(37)35-16-6-8-23(35)29-34-25(26-28(31)33-15-17-36(26)29)19-9-11-20(12-10-19)27(38)22-18-21(13-14-32-22)30(2,3)4/h9-15,17-18,23H,6,8,16H2,1-4H3,(H2,31,33). The molecule has 0 saturated carbocycles. The van der Waals surface area contributed by atoms with Gasteiger partial charge in [0.2, 0.25) is 5.78 Å². The van der Waals surface area contributed by atoms with Crippen LogP contribution in [-0.2, 0) is 10.2 Å². The second-order valence-corrected chi connectivity index (χ2v) is 10.5. The van der Waals surface area contributed by atoms with Crippen molar-refractivity contribution in [2.24, 2.45) is 0 Å². The molecule has 192 valence electrons. The number of hydrogen-bond acceptors (Lipinski definition) is 6. The third-order valence-corrected chi connectivity index (χ3v) is 6.93. The molecule has 1 unspecified atom stereocenters. The Kier molecular flexibility index (Phi) is 6.45. The maximum atomic E-state index is 13.2. The third kappa shape index (κ3) is 4.52. The molecule has 8 nitrogen and oxygen atoms in total. The topological polar surface area (TPSA) is 106 Å². The summed E-state index contributed by atoms with van der Waals surface area (Å²) in [4.78, 5) is 41.2. The van der Waals surface area contributed by atoms with Gasteiger partial charge in [-0.05, 0) is 48.8 Å². The van der Waals surface area contributed by atoms with Gasteiger partial charge in [0.25, 0.3) is 5.91 Å². The van der Waals surface area contributed by atoms with E-state index in [4.69, 9.17) is 10.7 Å². The summed E-state index contributed by atoms with van der Waals surface area (Å²) in [5.74, 6) is 6.06. The first-order chi connectivity index (χ1) is 18.2. The molecule has 1 aliphatic heterocycles. The second-order valence-electron chi connectivity index (χ2n) is 10.5. The molecule has 1 amide bonds. The van der Waals surface area contributed by atoms with Crippen LogP contribution in [0.3, 0.4) is 0 Å². The van der Waals surface area contributed by atoms with Crippen molar-refractivity contribution in [2.75, 3.05) is 12.3 Å². The van der Waals surface area contributed by atoms with E-state index >= 15 is 0 Å². The monoisotopic (exact) mass is 506 g/mol. The van der Waals surface area contributed by atoms with Gasteiger partial charge in [-0.2, -0.15) is 0 Å². The number of pyridine rings is 1. The molecule has 1 saturated heterocycles. The van der Waals surface area contributed by atoms with Crippen LogP contribution in [0.2, 0.25) is 0 Å². The Morgan fingerprint density at radius 3 is 2.55 bits per heavy atom. The molecule has 4 heterocycles. The highest BCUT2D eigenvalue weighted by Gasteiger charge is 2.33. The highest BCUT2D eigenvalue weighted by Crippen LogP contribution is 2.36. The normalized spacial score (nSPS) is 15.4. The number of benzene rings is 1. The first-order valence-electron chi connectivity index (χ1n) is 12.7. The number of nitrogens with two attached hydrogens (primary N) is 1. The van der Waals surface area contributed by atoms with Gasteiger partial charge < -0.3 is 10.6 Å². The quantitative estimate of drug-likeness (QED) is 0.321. The Hall–Kier alpha value is -4.51. The molecule has 3 aromatic heterocycles. The zero-order chi connectivity index (χ0) is 27.0. The van der Waals surface area contributed by atoms with Crippen molar-refractivity contribution in [1.82, 2.24) is 24.3 Å². The number of nitrogen functional groups attached to an aromatic ring is 1. The van der Waals surface area contributed by atoms with Crippen molar-refractivity contribution in [3.05, 3.63) is 77.6 Å². The van der Waals surface area contributed by atoms with E-state index in [0.29, 0.717) is 34.8 Å². The van der Waals surface area contributed by atoms with E-state index in [-0.39, 0.29) is 23.1 Å². The number of rotatable bonds is 4. The maximum Gasteiger partial charge on any atom is 0.299 e. The molecule has 0 aliphatic carbocycles. The zero-order valence-electron chi connectivity index (χ0n) is 22.0. The summed E-state index contributed by atoms with van der Waals surface area (Å²) in [5, 5.41) is 0. The lowest BCUT2D eigenvalue weighted by molar-refractivity contribution is -0.126. The van der Waals surface area contributed by atoms with Crippen molar-refractivity contribution >= 4 is 23.0 Å². The highest BCUT2D eigenvalue weighted by atomic mass is 16.2. The van der Waals surface area contributed by atoms with Crippen molar-refractivity contribution in [3.63, 3.8) is 0 Å². The number of aromatic nitrogens is 4. The molecular weight excluding hydrogens is 476 g/mol. The molecule has 5 rings (SSSR count). The van der Waals surface area contributed by atoms with Gasteiger partial charge in [0.15, 0.2) is 0 Å². The summed E-state index contributed by atoms with van der Waals surface area (Å²) in [7, 11) is 0. The van der Waals surface area contributed by atoms with Crippen molar-refractivity contribution in [2.45, 2.75) is 52.0 Å². The Bertz CT molecular complexity index is 1600. The fraction of sp³-hybridized carbons (Fsp3) is 0.300. The van der Waals surface area contributed by atoms with E-state index in [2.05, 4.69) is 42.6 Å². The zero-order valence-corrected chi connectivity index (χ0v) is 22.0. The van der Waals surface area contributed by atoms with E-state index in [9.17, 15) is 9.59 Å². The van der Waals surface area contributed by atoms with Gasteiger partial charge in [0, 0.05) is 36.3 Å². The number of nitrogens with zero attached hydrogens (tertiary/aromatic N) is 5. The van der Waals surface area contributed by atoms with Crippen LogP contribution >= 0.6 is 0 Å². The lowest BCUT2D eigenvalue weighted by atomic mass is 9.87. The van der Waals surface area contributed by atoms with Gasteiger partial charge in [0.05, 0.1) is 6.04 Å². The smallest absolute Gasteiger partial charge is 0.299 e. The number of amides is 1. The number of fused-ring (bicyclic) bond motifs is 1. The number of imidazole rings is 1. The van der Waals surface area contributed by atoms with Gasteiger partial charge >= 0.3 is 0 Å². The van der Waals surface area contributed by atoms with Crippen LogP contribution < -0.4 is 5.73 Å². The number of likely N-dealkylation sites (tertiary alicyclic amines) is 1. The minimum absolute atomic E-state index is 0.0850. The van der Waals surface area contributed by atoms with Crippen LogP contribution in [0.5, 0.6) is 0 Å². The average Bonchev–Trinajstić information content (AvgIpc) is 3.54. The molecule has 0 spiro atoms. The number of anilines is 1. The molecule has 1 aromatic carbocycles. The Labute approximate surface area is 221 Å². The molecule has 8 heteroatoms. The molecule has 1 aliphatic rings. The number of ketones is 1. The SMILES string of the molecule is CC#CC(=O)N1CCCC1c1nc(-c2ccc(C(=O)c3cc(C(C)(C)C)ccn3)cc2)c2c(N)nccn12. The van der Waals surface area contributed by atoms with E-state index in [1.54, 1.807) is 36.4 Å². The van der Waals surface area contributed by atoms with Crippen LogP contribution in [-0.4, -0.2) is 42.5 Å². The minimum atomic E-state index is -0.214. The van der Waals surface area contributed by atoms with Crippen molar-refractivity contribution in [3.8, 4) is 23.1 Å². The third-order valence-electron chi connectivity index (χ3n) is 6.93. The van der Waals surface area contributed by atoms with E-state index in [1.807, 2.05) is 34.9 Å². The van der Waals surface area contributed by atoms with Crippen LogP contribution in [0.4, 0.5) is 5.82 Å². The number of hydrogen-bond donors (Lipinski definition) is 1. The fourth-order valence-electron chi connectivity index (χ4n) is 4.93. The molecule has 1 fully saturated rings. The van der Waals surface area contributed by atoms with Gasteiger partial charge in [-0.3, -0.25) is 19.0 Å². The predicted octanol–water partition coefficient (Wildman–Crippen LogP) is 4.59. The van der Waals surface area contributed by atoms with Crippen LogP contribution in [0, 0.1) is 11.8 Å². The molecule has 4 aromatic rings. The lowest BCUT2D eigenvalue weighted by Crippen LogP contribution is -2.30. The molecular formula is C30H30N6O2. The first kappa shape index (κ1) is 25.2. The molecule has 38 heavy (non-hydrogen) atoms. The van der Waals surface area contributed by atoms with E-state index < -0.39 is 0 Å². The molecule has 2 N–H and O–H groups in total. The minimum Gasteiger partial charge on any atom is -0.382 e. The van der Waals surface area contributed by atoms with Gasteiger partial charge in [-0.1, -0.05) is 51.0 Å². The predicted molar refractivity (Wildman–Crippen MR) is 146 cm³/mol. The van der Waals surface area contributed by atoms with Gasteiger partial charge in [0.1, 0.15) is 28.5 Å². The average molecular weight is 507 g/mol. The van der Waals surface area contributed by atoms with Gasteiger partial charge in [-0.15, -0.1) is 0 Å². The van der Waals surface area contributed by atoms with E-state index in [0.717, 1.165) is 29.8 Å². The summed E-state index contributed by atoms with van der Waals surface area (Å²) in [5.41, 5.74) is 10.3. The van der Waals surface area contributed by atoms with Crippen LogP contribution in [0.25, 0.3) is 16.8 Å². The van der Waals surface area contributed by atoms with Crippen LogP contribution in [0.15, 0.2) is 55.0 Å². The van der Waals surface area contributed by atoms with Crippen molar-refractivity contribution in [1.29, 1.82) is 0 Å². The number of carbonyl (C=O) groups is 2. The highest BCUT2D eigenvalue weighted by molar-refractivity contribution is 6.08. The summed E-state index contributed by atoms with van der Waals surface area (Å²) in [6.07, 6.45) is 6.78. The summed E-state index contributed by atoms with van der Waals surface area (Å²) in [6, 6.07) is 10.9. The van der Waals surface area contributed by atoms with Crippen LogP contribution in [0.1, 0.15) is 74.0 Å². The Morgan fingerprint density at radius 2 is 1.84 bits per heavy atom. The molecule has 1 atom stereocenters. The molecule has 0 radical (unpaired) electrons. The summed E-state index contributed by atoms with van der Waals surface area (Å²) < 4.78 is 1.91. The summed E-state index contributed by atoms with van der Waals surface area (Å²) >= 11 is 0. The maximum absolute atomic E-state index is 13.2. The Morgan fingerprint density at radius 1 is 1.08 bits per heavy atom. The Balaban J connectivity index is 1.52. The summed E-state index contributed by atoms with van der Waals surface area (Å²) in [6.45, 7) is 8.60.